The van der Waals surface area contributed by atoms with Gasteiger partial charge >= 0.3 is 12.3 Å². The minimum absolute atomic E-state index is 0.0129. The quantitative estimate of drug-likeness (QED) is 0.600. The van der Waals surface area contributed by atoms with E-state index in [-0.39, 0.29) is 18.4 Å². The van der Waals surface area contributed by atoms with Crippen molar-refractivity contribution in [2.45, 2.75) is 42.1 Å². The van der Waals surface area contributed by atoms with Gasteiger partial charge in [0, 0.05) is 7.05 Å². The van der Waals surface area contributed by atoms with Gasteiger partial charge in [-0.2, -0.15) is 13.2 Å². The van der Waals surface area contributed by atoms with Gasteiger partial charge in [-0.05, 0) is 0 Å². The molecule has 2 aliphatic rings. The number of alkyl halides is 3. The third kappa shape index (κ3) is 4.87. The molecule has 0 aromatic carbocycles. The molecule has 0 aromatic heterocycles. The number of aliphatic hydroxyl groups excluding tert-OH is 1. The summed E-state index contributed by atoms with van der Waals surface area (Å²) in [6.45, 7) is 6.84. The number of aliphatic hydroxyl groups is 1. The average molecular weight is 426 g/mol. The molecule has 0 spiro atoms. The third-order valence-electron chi connectivity index (χ3n) is 4.07. The van der Waals surface area contributed by atoms with Gasteiger partial charge in [0.15, 0.2) is 11.3 Å². The van der Waals surface area contributed by atoms with Crippen molar-refractivity contribution in [3.8, 4) is 0 Å². The number of thioether (sulfide) groups is 1. The first kappa shape index (κ1) is 22.7. The zero-order valence-electron chi connectivity index (χ0n) is 14.9. The van der Waals surface area contributed by atoms with E-state index in [1.807, 2.05) is 0 Å². The number of amidine groups is 1. The predicted molar refractivity (Wildman–Crippen MR) is 95.2 cm³/mol. The van der Waals surface area contributed by atoms with Crippen molar-refractivity contribution in [2.24, 2.45) is 4.99 Å². The molecule has 2 aliphatic heterocycles. The maximum absolute atomic E-state index is 13.2. The van der Waals surface area contributed by atoms with E-state index in [2.05, 4.69) is 18.2 Å². The average Bonchev–Trinajstić information content (AvgIpc) is 3.05. The molecule has 6 atom stereocenters. The summed E-state index contributed by atoms with van der Waals surface area (Å²) >= 11 is 0.839. The minimum Gasteiger partial charge on any atom is -0.465 e. The van der Waals surface area contributed by atoms with E-state index in [0.29, 0.717) is 0 Å². The third-order valence-corrected chi connectivity index (χ3v) is 5.28. The first-order chi connectivity index (χ1) is 13.1. The molecule has 0 aromatic rings. The molecule has 2 rings (SSSR count). The Kier molecular flexibility index (Phi) is 7.51. The van der Waals surface area contributed by atoms with Gasteiger partial charge in [-0.25, -0.2) is 4.79 Å². The Morgan fingerprint density at radius 2 is 1.93 bits per heavy atom. The fourth-order valence-electron chi connectivity index (χ4n) is 2.77. The van der Waals surface area contributed by atoms with Gasteiger partial charge in [-0.1, -0.05) is 23.9 Å². The molecule has 1 saturated heterocycles. The highest BCUT2D eigenvalue weighted by atomic mass is 32.2. The summed E-state index contributed by atoms with van der Waals surface area (Å²) in [5.74, 6) is 0. The summed E-state index contributed by atoms with van der Waals surface area (Å²) in [5.41, 5.74) is -0.989. The number of amides is 1. The Labute approximate surface area is 163 Å². The van der Waals surface area contributed by atoms with E-state index in [9.17, 15) is 23.1 Å². The Balaban J connectivity index is 2.38. The summed E-state index contributed by atoms with van der Waals surface area (Å²) in [6, 6.07) is -0.840. The lowest BCUT2D eigenvalue weighted by Crippen LogP contribution is -2.62. The minimum atomic E-state index is -4.96. The van der Waals surface area contributed by atoms with E-state index in [0.717, 1.165) is 16.7 Å². The van der Waals surface area contributed by atoms with Gasteiger partial charge < -0.3 is 24.4 Å². The summed E-state index contributed by atoms with van der Waals surface area (Å²) in [6.07, 6.45) is -10.5. The second-order valence-electron chi connectivity index (χ2n) is 5.99. The maximum Gasteiger partial charge on any atom is 0.417 e. The number of carboxylic acid groups (broad SMARTS) is 1. The van der Waals surface area contributed by atoms with Crippen LogP contribution in [0.15, 0.2) is 30.3 Å². The van der Waals surface area contributed by atoms with Crippen LogP contribution in [0.3, 0.4) is 0 Å². The normalized spacial score (nSPS) is 30.9. The number of ether oxygens (including phenoxy) is 3. The van der Waals surface area contributed by atoms with E-state index >= 15 is 0 Å². The molecule has 2 heterocycles. The molecule has 0 saturated carbocycles. The van der Waals surface area contributed by atoms with Gasteiger partial charge in [-0.3, -0.25) is 9.89 Å². The standard InChI is InChI=1S/C16H21F3N2O6S/c1-4-6-25-9-8-13(28-14(20-8)21(3)15(23)24)27-11(10(9)26-7-5-2)12(22)16(17,18)19/h4-5,8-13,22H,1-2,6-7H2,3H3,(H,23,24)/t8-,9-,10+,11+,12-,13-/m1/s1. The van der Waals surface area contributed by atoms with Crippen molar-refractivity contribution < 1.29 is 42.4 Å². The van der Waals surface area contributed by atoms with Gasteiger partial charge in [-0.15, -0.1) is 13.2 Å². The summed E-state index contributed by atoms with van der Waals surface area (Å²) in [7, 11) is 1.25. The Morgan fingerprint density at radius 1 is 1.36 bits per heavy atom. The van der Waals surface area contributed by atoms with Crippen LogP contribution in [0.5, 0.6) is 0 Å². The van der Waals surface area contributed by atoms with E-state index in [1.54, 1.807) is 0 Å². The second kappa shape index (κ2) is 9.27. The lowest BCUT2D eigenvalue weighted by molar-refractivity contribution is -0.279. The van der Waals surface area contributed by atoms with Crippen LogP contribution in [-0.2, 0) is 14.2 Å². The molecular weight excluding hydrogens is 405 g/mol. The van der Waals surface area contributed by atoms with E-state index in [1.165, 1.54) is 19.2 Å². The molecule has 12 heteroatoms. The fraction of sp³-hybridized carbons (Fsp3) is 0.625. The highest BCUT2D eigenvalue weighted by Gasteiger charge is 2.57. The highest BCUT2D eigenvalue weighted by Crippen LogP contribution is 2.42. The van der Waals surface area contributed by atoms with Crippen LogP contribution in [0.1, 0.15) is 0 Å². The van der Waals surface area contributed by atoms with Crippen LogP contribution in [0.2, 0.25) is 0 Å². The molecule has 0 unspecified atom stereocenters. The number of fused-ring (bicyclic) bond motifs is 1. The number of hydrogen-bond acceptors (Lipinski definition) is 7. The first-order valence-corrected chi connectivity index (χ1v) is 9.06. The molecule has 0 bridgehead atoms. The Hall–Kier alpha value is -1.60. The molecule has 1 amide bonds. The monoisotopic (exact) mass is 426 g/mol. The SMILES string of the molecule is C=CCO[C@H]1[C@H](OCC=C)[C@H]2N=C(N(C)C(=O)O)S[C@H]2O[C@@H]1[C@@H](O)C(F)(F)F. The molecule has 0 radical (unpaired) electrons. The highest BCUT2D eigenvalue weighted by molar-refractivity contribution is 8.14. The predicted octanol–water partition coefficient (Wildman–Crippen LogP) is 1.86. The largest absolute Gasteiger partial charge is 0.465 e. The fourth-order valence-corrected chi connectivity index (χ4v) is 3.94. The molecule has 8 nitrogen and oxygen atoms in total. The van der Waals surface area contributed by atoms with Crippen molar-refractivity contribution in [3.05, 3.63) is 25.3 Å². The second-order valence-corrected chi connectivity index (χ2v) is 7.06. The number of rotatable bonds is 7. The van der Waals surface area contributed by atoms with Gasteiger partial charge in [0.1, 0.15) is 29.8 Å². The van der Waals surface area contributed by atoms with Crippen LogP contribution in [0.4, 0.5) is 18.0 Å². The Morgan fingerprint density at radius 3 is 2.43 bits per heavy atom. The van der Waals surface area contributed by atoms with Crippen molar-refractivity contribution in [1.29, 1.82) is 0 Å². The smallest absolute Gasteiger partial charge is 0.417 e. The Bertz CT molecular complexity index is 632. The molecule has 28 heavy (non-hydrogen) atoms. The summed E-state index contributed by atoms with van der Waals surface area (Å²) in [5, 5.41) is 19.0. The van der Waals surface area contributed by atoms with Crippen molar-refractivity contribution in [2.75, 3.05) is 20.3 Å². The molecular formula is C16H21F3N2O6S. The van der Waals surface area contributed by atoms with Crippen molar-refractivity contribution in [1.82, 2.24) is 4.90 Å². The van der Waals surface area contributed by atoms with Crippen LogP contribution in [0.25, 0.3) is 0 Å². The van der Waals surface area contributed by atoms with Gasteiger partial charge in [0.25, 0.3) is 0 Å². The zero-order chi connectivity index (χ0) is 21.1. The molecule has 158 valence electrons. The maximum atomic E-state index is 13.2. The van der Waals surface area contributed by atoms with Crippen LogP contribution >= 0.6 is 11.8 Å². The molecule has 0 aliphatic carbocycles. The summed E-state index contributed by atoms with van der Waals surface area (Å²) < 4.78 is 56.1. The van der Waals surface area contributed by atoms with Crippen molar-refractivity contribution >= 4 is 23.0 Å². The topological polar surface area (TPSA) is 101 Å². The lowest BCUT2D eigenvalue weighted by atomic mass is 9.94. The number of hydrogen-bond donors (Lipinski definition) is 2. The molecule has 2 N–H and O–H groups in total. The number of carbonyl (C=O) groups is 1. The number of nitrogens with zero attached hydrogens (tertiary/aromatic N) is 2. The van der Waals surface area contributed by atoms with Crippen LogP contribution in [-0.4, -0.2) is 88.7 Å². The molecule has 1 fully saturated rings. The van der Waals surface area contributed by atoms with Crippen LogP contribution < -0.4 is 0 Å². The number of halogens is 3. The lowest BCUT2D eigenvalue weighted by Gasteiger charge is -2.44. The summed E-state index contributed by atoms with van der Waals surface area (Å²) in [4.78, 5) is 16.3. The van der Waals surface area contributed by atoms with Gasteiger partial charge in [0.2, 0.25) is 0 Å². The first-order valence-electron chi connectivity index (χ1n) is 8.18. The van der Waals surface area contributed by atoms with Crippen molar-refractivity contribution in [3.63, 3.8) is 0 Å². The van der Waals surface area contributed by atoms with Gasteiger partial charge in [0.05, 0.1) is 13.2 Å². The zero-order valence-corrected chi connectivity index (χ0v) is 15.7. The van der Waals surface area contributed by atoms with E-state index in [4.69, 9.17) is 19.3 Å². The van der Waals surface area contributed by atoms with Crippen LogP contribution in [0, 0.1) is 0 Å². The number of aliphatic imine (C=N–C) groups is 1. The van der Waals surface area contributed by atoms with E-state index < -0.39 is 48.2 Å².